The van der Waals surface area contributed by atoms with Crippen LogP contribution >= 0.6 is 11.6 Å². The predicted molar refractivity (Wildman–Crippen MR) is 75.1 cm³/mol. The summed E-state index contributed by atoms with van der Waals surface area (Å²) in [6.45, 7) is 1.86. The van der Waals surface area contributed by atoms with Crippen LogP contribution in [0.3, 0.4) is 0 Å². The fraction of sp³-hybridized carbons (Fsp3) is 0.357. The normalized spacial score (nSPS) is 16.9. The monoisotopic (exact) mass is 278 g/mol. The Morgan fingerprint density at radius 2 is 2.05 bits per heavy atom. The number of nitrogens with one attached hydrogen (secondary N) is 2. The van der Waals surface area contributed by atoms with E-state index in [0.717, 1.165) is 42.4 Å². The van der Waals surface area contributed by atoms with Crippen molar-refractivity contribution < 1.29 is 9.90 Å². The molecule has 1 saturated heterocycles. The van der Waals surface area contributed by atoms with Crippen molar-refractivity contribution in [2.75, 3.05) is 13.1 Å². The highest BCUT2D eigenvalue weighted by atomic mass is 35.5. The van der Waals surface area contributed by atoms with E-state index >= 15 is 0 Å². The molecule has 1 aromatic heterocycles. The number of carboxylic acids is 1. The number of carbonyl (C=O) groups is 1. The van der Waals surface area contributed by atoms with Gasteiger partial charge in [0.15, 0.2) is 0 Å². The van der Waals surface area contributed by atoms with E-state index in [1.54, 1.807) is 6.07 Å². The molecule has 0 bridgehead atoms. The fourth-order valence-electron chi connectivity index (χ4n) is 2.89. The molecule has 0 unspecified atom stereocenters. The molecular weight excluding hydrogens is 264 g/mol. The Hall–Kier alpha value is -1.52. The van der Waals surface area contributed by atoms with Gasteiger partial charge < -0.3 is 15.4 Å². The van der Waals surface area contributed by atoms with E-state index in [0.29, 0.717) is 10.7 Å². The Kier molecular flexibility index (Phi) is 3.21. The average Bonchev–Trinajstić information content (AvgIpc) is 2.78. The van der Waals surface area contributed by atoms with Crippen molar-refractivity contribution in [2.24, 2.45) is 0 Å². The predicted octanol–water partition coefficient (Wildman–Crippen LogP) is 2.99. The van der Waals surface area contributed by atoms with Crippen molar-refractivity contribution >= 4 is 28.5 Å². The molecule has 1 aromatic carbocycles. The van der Waals surface area contributed by atoms with E-state index in [1.165, 1.54) is 0 Å². The van der Waals surface area contributed by atoms with Crippen LogP contribution in [-0.2, 0) is 0 Å². The Morgan fingerprint density at radius 3 is 2.74 bits per heavy atom. The minimum Gasteiger partial charge on any atom is -0.477 e. The lowest BCUT2D eigenvalue weighted by atomic mass is 9.88. The van der Waals surface area contributed by atoms with Gasteiger partial charge in [0.25, 0.3) is 0 Å². The molecule has 1 fully saturated rings. The van der Waals surface area contributed by atoms with E-state index in [9.17, 15) is 9.90 Å². The SMILES string of the molecule is O=C(O)c1[nH]c2ccc(Cl)cc2c1C1CCNCC1. The van der Waals surface area contributed by atoms with Gasteiger partial charge in [-0.2, -0.15) is 0 Å². The molecule has 5 heteroatoms. The third-order valence-corrected chi connectivity index (χ3v) is 4.00. The molecule has 19 heavy (non-hydrogen) atoms. The van der Waals surface area contributed by atoms with Gasteiger partial charge >= 0.3 is 5.97 Å². The topological polar surface area (TPSA) is 65.1 Å². The van der Waals surface area contributed by atoms with Crippen molar-refractivity contribution in [3.63, 3.8) is 0 Å². The number of halogens is 1. The lowest BCUT2D eigenvalue weighted by molar-refractivity contribution is 0.0689. The highest BCUT2D eigenvalue weighted by molar-refractivity contribution is 6.31. The molecule has 1 aliphatic heterocycles. The Labute approximate surface area is 115 Å². The van der Waals surface area contributed by atoms with Gasteiger partial charge in [0.2, 0.25) is 0 Å². The lowest BCUT2D eigenvalue weighted by Gasteiger charge is -2.23. The summed E-state index contributed by atoms with van der Waals surface area (Å²) in [4.78, 5) is 14.4. The average molecular weight is 279 g/mol. The molecule has 0 radical (unpaired) electrons. The zero-order valence-electron chi connectivity index (χ0n) is 10.4. The van der Waals surface area contributed by atoms with Gasteiger partial charge in [0.1, 0.15) is 5.69 Å². The van der Waals surface area contributed by atoms with E-state index in [-0.39, 0.29) is 5.92 Å². The summed E-state index contributed by atoms with van der Waals surface area (Å²) in [5.74, 6) is -0.625. The van der Waals surface area contributed by atoms with Crippen molar-refractivity contribution in [1.82, 2.24) is 10.3 Å². The molecule has 2 aromatic rings. The maximum Gasteiger partial charge on any atom is 0.352 e. The van der Waals surface area contributed by atoms with Gasteiger partial charge in [-0.1, -0.05) is 11.6 Å². The van der Waals surface area contributed by atoms with Crippen LogP contribution in [0.2, 0.25) is 5.02 Å². The van der Waals surface area contributed by atoms with Crippen LogP contribution in [0.15, 0.2) is 18.2 Å². The maximum atomic E-state index is 11.4. The maximum absolute atomic E-state index is 11.4. The summed E-state index contributed by atoms with van der Waals surface area (Å²) in [7, 11) is 0. The number of aromatic amines is 1. The third-order valence-electron chi connectivity index (χ3n) is 3.76. The number of aromatic nitrogens is 1. The van der Waals surface area contributed by atoms with Gasteiger partial charge in [-0.25, -0.2) is 4.79 Å². The highest BCUT2D eigenvalue weighted by Gasteiger charge is 2.25. The second-order valence-electron chi connectivity index (χ2n) is 4.93. The summed E-state index contributed by atoms with van der Waals surface area (Å²) < 4.78 is 0. The van der Waals surface area contributed by atoms with Gasteiger partial charge in [-0.05, 0) is 55.6 Å². The largest absolute Gasteiger partial charge is 0.477 e. The number of hydrogen-bond acceptors (Lipinski definition) is 2. The third kappa shape index (κ3) is 2.22. The van der Waals surface area contributed by atoms with E-state index in [2.05, 4.69) is 10.3 Å². The van der Waals surface area contributed by atoms with Crippen LogP contribution in [0, 0.1) is 0 Å². The van der Waals surface area contributed by atoms with Crippen LogP contribution in [0.4, 0.5) is 0 Å². The molecule has 2 heterocycles. The van der Waals surface area contributed by atoms with Gasteiger partial charge in [-0.15, -0.1) is 0 Å². The smallest absolute Gasteiger partial charge is 0.352 e. The number of carboxylic acid groups (broad SMARTS) is 1. The number of H-pyrrole nitrogens is 1. The zero-order valence-corrected chi connectivity index (χ0v) is 11.1. The minimum atomic E-state index is -0.902. The number of hydrogen-bond donors (Lipinski definition) is 3. The minimum absolute atomic E-state index is 0.277. The number of benzene rings is 1. The van der Waals surface area contributed by atoms with Crippen molar-refractivity contribution in [2.45, 2.75) is 18.8 Å². The number of aromatic carboxylic acids is 1. The summed E-state index contributed by atoms with van der Waals surface area (Å²) in [5.41, 5.74) is 2.06. The van der Waals surface area contributed by atoms with Gasteiger partial charge in [-0.3, -0.25) is 0 Å². The molecule has 3 rings (SSSR count). The number of piperidine rings is 1. The van der Waals surface area contributed by atoms with Gasteiger partial charge in [0, 0.05) is 15.9 Å². The highest BCUT2D eigenvalue weighted by Crippen LogP contribution is 2.35. The van der Waals surface area contributed by atoms with E-state index in [1.807, 2.05) is 12.1 Å². The van der Waals surface area contributed by atoms with Crippen molar-refractivity contribution in [3.05, 3.63) is 34.5 Å². The first-order chi connectivity index (χ1) is 9.16. The molecule has 0 amide bonds. The molecular formula is C14H15ClN2O2. The quantitative estimate of drug-likeness (QED) is 0.791. The van der Waals surface area contributed by atoms with Crippen LogP contribution in [0.1, 0.15) is 34.8 Å². The first-order valence-electron chi connectivity index (χ1n) is 6.42. The molecule has 4 nitrogen and oxygen atoms in total. The van der Waals surface area contributed by atoms with E-state index < -0.39 is 5.97 Å². The lowest BCUT2D eigenvalue weighted by Crippen LogP contribution is -2.27. The van der Waals surface area contributed by atoms with E-state index in [4.69, 9.17) is 11.6 Å². The second kappa shape index (κ2) is 4.87. The van der Waals surface area contributed by atoms with Gasteiger partial charge in [0.05, 0.1) is 0 Å². The number of fused-ring (bicyclic) bond motifs is 1. The van der Waals surface area contributed by atoms with Crippen LogP contribution in [0.5, 0.6) is 0 Å². The van der Waals surface area contributed by atoms with Crippen LogP contribution in [-0.4, -0.2) is 29.1 Å². The zero-order chi connectivity index (χ0) is 13.4. The van der Waals surface area contributed by atoms with Crippen LogP contribution in [0.25, 0.3) is 10.9 Å². The molecule has 3 N–H and O–H groups in total. The summed E-state index contributed by atoms with van der Waals surface area (Å²) in [5, 5.41) is 14.3. The Bertz CT molecular complexity index is 630. The molecule has 0 saturated carbocycles. The summed E-state index contributed by atoms with van der Waals surface area (Å²) >= 11 is 6.04. The van der Waals surface area contributed by atoms with Crippen molar-refractivity contribution in [1.29, 1.82) is 0 Å². The Morgan fingerprint density at radius 1 is 1.32 bits per heavy atom. The standard InChI is InChI=1S/C14H15ClN2O2/c15-9-1-2-11-10(7-9)12(13(17-11)14(18)19)8-3-5-16-6-4-8/h1-2,7-8,16-17H,3-6H2,(H,18,19). The summed E-state index contributed by atoms with van der Waals surface area (Å²) in [6, 6.07) is 5.48. The Balaban J connectivity index is 2.20. The first-order valence-corrected chi connectivity index (χ1v) is 6.79. The molecule has 0 atom stereocenters. The fourth-order valence-corrected chi connectivity index (χ4v) is 3.06. The number of rotatable bonds is 2. The summed E-state index contributed by atoms with van der Waals surface area (Å²) in [6.07, 6.45) is 1.92. The molecule has 0 spiro atoms. The molecule has 1 aliphatic rings. The molecule has 0 aliphatic carbocycles. The molecule has 100 valence electrons. The first kappa shape index (κ1) is 12.5. The van der Waals surface area contributed by atoms with Crippen LogP contribution < -0.4 is 5.32 Å². The second-order valence-corrected chi connectivity index (χ2v) is 5.37. The van der Waals surface area contributed by atoms with Crippen molar-refractivity contribution in [3.8, 4) is 0 Å².